The van der Waals surface area contributed by atoms with Gasteiger partial charge in [-0.15, -0.1) is 0 Å². The molecule has 1 fully saturated rings. The van der Waals surface area contributed by atoms with Crippen molar-refractivity contribution in [2.45, 2.75) is 39.3 Å². The van der Waals surface area contributed by atoms with Gasteiger partial charge in [0, 0.05) is 64.3 Å². The summed E-state index contributed by atoms with van der Waals surface area (Å²) in [4.78, 5) is 12.0. The maximum atomic E-state index is 6.47. The van der Waals surface area contributed by atoms with Crippen molar-refractivity contribution in [3.05, 3.63) is 81.2 Å². The summed E-state index contributed by atoms with van der Waals surface area (Å²) in [6.07, 6.45) is 5.55. The second-order valence-corrected chi connectivity index (χ2v) is 11.4. The highest BCUT2D eigenvalue weighted by Gasteiger charge is 2.44. The Kier molecular flexibility index (Phi) is 6.27. The number of hydrogen-bond donors (Lipinski definition) is 2. The number of aryl methyl sites for hydroxylation is 2. The Hall–Kier alpha value is -3.62. The van der Waals surface area contributed by atoms with E-state index in [0.29, 0.717) is 11.4 Å². The van der Waals surface area contributed by atoms with E-state index in [1.54, 1.807) is 7.11 Å². The average Bonchev–Trinajstić information content (AvgIpc) is 3.43. The van der Waals surface area contributed by atoms with E-state index in [2.05, 4.69) is 58.8 Å². The highest BCUT2D eigenvalue weighted by atomic mass is 35.5. The van der Waals surface area contributed by atoms with Gasteiger partial charge in [-0.1, -0.05) is 16.8 Å². The van der Waals surface area contributed by atoms with Gasteiger partial charge in [0.15, 0.2) is 0 Å². The molecule has 3 aliphatic rings. The molecule has 2 unspecified atom stereocenters. The fraction of sp³-hybridized carbons (Fsp3) is 0.367. The number of nitrogens with zero attached hydrogens (tertiary/aromatic N) is 4. The largest absolute Gasteiger partial charge is 0.500 e. The number of aliphatic imine (C=N–C) groups is 1. The minimum Gasteiger partial charge on any atom is -0.500 e. The lowest BCUT2D eigenvalue weighted by Gasteiger charge is -2.36. The number of hydrogen-bond acceptors (Lipinski definition) is 8. The minimum absolute atomic E-state index is 0.0474. The summed E-state index contributed by atoms with van der Waals surface area (Å²) in [5.41, 5.74) is 7.54. The van der Waals surface area contributed by atoms with Gasteiger partial charge in [0.2, 0.25) is 0 Å². The third kappa shape index (κ3) is 4.41. The molecule has 0 spiro atoms. The quantitative estimate of drug-likeness (QED) is 0.427. The normalized spacial score (nSPS) is 22.4. The second kappa shape index (κ2) is 9.54. The first-order valence-electron chi connectivity index (χ1n) is 13.2. The number of aromatic nitrogens is 2. The highest BCUT2D eigenvalue weighted by molar-refractivity contribution is 6.31. The van der Waals surface area contributed by atoms with Crippen LogP contribution in [0.15, 0.2) is 63.1 Å². The molecule has 1 aliphatic carbocycles. The zero-order valence-electron chi connectivity index (χ0n) is 23.1. The fourth-order valence-corrected chi connectivity index (χ4v) is 6.04. The van der Waals surface area contributed by atoms with E-state index in [4.69, 9.17) is 25.9 Å². The van der Waals surface area contributed by atoms with Gasteiger partial charge in [0.05, 0.1) is 29.6 Å². The summed E-state index contributed by atoms with van der Waals surface area (Å²) in [7, 11) is 5.90. The number of benzene rings is 1. The molecule has 2 aromatic heterocycles. The molecule has 202 valence electrons. The van der Waals surface area contributed by atoms with Gasteiger partial charge in [-0.2, -0.15) is 0 Å². The lowest BCUT2D eigenvalue weighted by atomic mass is 9.83. The van der Waals surface area contributed by atoms with Gasteiger partial charge in [-0.25, -0.2) is 4.99 Å². The number of rotatable bonds is 6. The molecule has 0 amide bonds. The summed E-state index contributed by atoms with van der Waals surface area (Å²) in [5.74, 6) is 2.62. The topological polar surface area (TPSA) is 87.8 Å². The monoisotopic (exact) mass is 544 g/mol. The van der Waals surface area contributed by atoms with Crippen LogP contribution >= 0.6 is 11.6 Å². The first-order valence-corrected chi connectivity index (χ1v) is 13.6. The number of amidine groups is 1. The lowest BCUT2D eigenvalue weighted by molar-refractivity contribution is 0.270. The highest BCUT2D eigenvalue weighted by Crippen LogP contribution is 2.46. The lowest BCUT2D eigenvalue weighted by Crippen LogP contribution is -2.46. The van der Waals surface area contributed by atoms with Crippen molar-refractivity contribution in [1.29, 1.82) is 0 Å². The number of ether oxygens (including phenoxy) is 1. The number of methoxy groups -OCH3 is 1. The molecule has 3 aromatic rings. The molecule has 6 rings (SSSR count). The average molecular weight is 545 g/mol. The van der Waals surface area contributed by atoms with Crippen LogP contribution in [-0.2, 0) is 4.74 Å². The minimum atomic E-state index is -0.504. The van der Waals surface area contributed by atoms with Gasteiger partial charge >= 0.3 is 0 Å². The molecular formula is C30H33ClN6O2. The number of fused-ring (bicyclic) bond motifs is 4. The SMILES string of the molecule is COC1=C(c2c(C)noc2C)C=C2NC3=NC(C)(CCN(C)C)NC(c4ccnc5ccc(Cl)cc45)=C3C2C1. The number of pyridine rings is 1. The first-order chi connectivity index (χ1) is 18.7. The first kappa shape index (κ1) is 25.6. The number of halogens is 1. The Morgan fingerprint density at radius 3 is 2.77 bits per heavy atom. The van der Waals surface area contributed by atoms with Crippen LogP contribution in [0.3, 0.4) is 0 Å². The van der Waals surface area contributed by atoms with E-state index < -0.39 is 5.66 Å². The van der Waals surface area contributed by atoms with Crippen molar-refractivity contribution in [3.63, 3.8) is 0 Å². The summed E-state index contributed by atoms with van der Waals surface area (Å²) >= 11 is 6.47. The third-order valence-electron chi connectivity index (χ3n) is 7.82. The van der Waals surface area contributed by atoms with E-state index in [-0.39, 0.29) is 5.92 Å². The Balaban J connectivity index is 1.53. The van der Waals surface area contributed by atoms with Crippen LogP contribution in [0.5, 0.6) is 0 Å². The van der Waals surface area contributed by atoms with Crippen LogP contribution in [0, 0.1) is 19.8 Å². The van der Waals surface area contributed by atoms with Crippen LogP contribution < -0.4 is 10.6 Å². The van der Waals surface area contributed by atoms with Crippen molar-refractivity contribution in [2.75, 3.05) is 27.7 Å². The van der Waals surface area contributed by atoms with Crippen molar-refractivity contribution in [1.82, 2.24) is 25.7 Å². The van der Waals surface area contributed by atoms with Crippen molar-refractivity contribution in [2.24, 2.45) is 10.9 Å². The summed E-state index contributed by atoms with van der Waals surface area (Å²) in [6.45, 7) is 6.95. The zero-order valence-corrected chi connectivity index (χ0v) is 23.9. The van der Waals surface area contributed by atoms with Gasteiger partial charge in [0.1, 0.15) is 23.0 Å². The molecule has 9 heteroatoms. The molecular weight excluding hydrogens is 512 g/mol. The molecule has 2 atom stereocenters. The molecule has 0 radical (unpaired) electrons. The maximum absolute atomic E-state index is 6.47. The van der Waals surface area contributed by atoms with Crippen molar-refractivity contribution < 1.29 is 9.26 Å². The molecule has 4 heterocycles. The van der Waals surface area contributed by atoms with Crippen molar-refractivity contribution in [3.8, 4) is 0 Å². The van der Waals surface area contributed by atoms with Gasteiger partial charge in [0.25, 0.3) is 0 Å². The van der Waals surface area contributed by atoms with E-state index in [1.807, 2.05) is 38.2 Å². The molecule has 39 heavy (non-hydrogen) atoms. The third-order valence-corrected chi connectivity index (χ3v) is 8.06. The Morgan fingerprint density at radius 1 is 1.23 bits per heavy atom. The van der Waals surface area contributed by atoms with Gasteiger partial charge in [-0.05, 0) is 65.2 Å². The molecule has 8 nitrogen and oxygen atoms in total. The van der Waals surface area contributed by atoms with Crippen molar-refractivity contribution >= 4 is 39.6 Å². The van der Waals surface area contributed by atoms with E-state index in [1.165, 1.54) is 0 Å². The molecule has 2 N–H and O–H groups in total. The van der Waals surface area contributed by atoms with Crippen LogP contribution in [0.4, 0.5) is 0 Å². The fourth-order valence-electron chi connectivity index (χ4n) is 5.86. The summed E-state index contributed by atoms with van der Waals surface area (Å²) in [5, 5.41) is 13.4. The Bertz CT molecular complexity index is 1600. The predicted molar refractivity (Wildman–Crippen MR) is 155 cm³/mol. The molecule has 0 saturated carbocycles. The van der Waals surface area contributed by atoms with Gasteiger partial charge < -0.3 is 24.8 Å². The van der Waals surface area contributed by atoms with Crippen LogP contribution in [0.25, 0.3) is 22.2 Å². The number of nitrogens with one attached hydrogen (secondary N) is 2. The van der Waals surface area contributed by atoms with E-state index in [9.17, 15) is 0 Å². The standard InChI is InChI=1S/C30H33ClN6O2/c1-16-26(17(2)39-36-16)22-14-24-21(15-25(22)38-6)27-28(19-9-11-32-23-8-7-18(31)13-20(19)23)34-30(3,10-12-37(4)5)35-29(27)33-24/h7-9,11,13-14,21,34H,10,12,15H2,1-6H3,(H,33,35). The molecule has 0 bridgehead atoms. The van der Waals surface area contributed by atoms with E-state index in [0.717, 1.165) is 80.6 Å². The molecule has 1 saturated heterocycles. The van der Waals surface area contributed by atoms with E-state index >= 15 is 0 Å². The van der Waals surface area contributed by atoms with Gasteiger partial charge in [-0.3, -0.25) is 4.98 Å². The zero-order chi connectivity index (χ0) is 27.5. The number of allylic oxidation sites excluding steroid dienone is 4. The van der Waals surface area contributed by atoms with Crippen LogP contribution in [-0.4, -0.2) is 54.3 Å². The van der Waals surface area contributed by atoms with Crippen LogP contribution in [0.2, 0.25) is 5.02 Å². The summed E-state index contributed by atoms with van der Waals surface area (Å²) < 4.78 is 11.5. The smallest absolute Gasteiger partial charge is 0.141 e. The Labute approximate surface area is 233 Å². The second-order valence-electron chi connectivity index (χ2n) is 10.9. The Morgan fingerprint density at radius 2 is 2.05 bits per heavy atom. The maximum Gasteiger partial charge on any atom is 0.141 e. The van der Waals surface area contributed by atoms with Crippen LogP contribution in [0.1, 0.15) is 42.3 Å². The molecule has 1 aromatic carbocycles. The summed E-state index contributed by atoms with van der Waals surface area (Å²) in [6, 6.07) is 7.91. The molecule has 2 aliphatic heterocycles. The predicted octanol–water partition coefficient (Wildman–Crippen LogP) is 5.44.